The van der Waals surface area contributed by atoms with E-state index in [4.69, 9.17) is 11.1 Å². The van der Waals surface area contributed by atoms with E-state index < -0.39 is 0 Å². The molecule has 3 nitrogen and oxygen atoms in total. The molecule has 0 bridgehead atoms. The lowest BCUT2D eigenvalue weighted by atomic mass is 10.1. The summed E-state index contributed by atoms with van der Waals surface area (Å²) in [6.45, 7) is 5.44. The fourth-order valence-corrected chi connectivity index (χ4v) is 3.44. The van der Waals surface area contributed by atoms with Crippen LogP contribution >= 0.6 is 11.8 Å². The van der Waals surface area contributed by atoms with E-state index in [1.807, 2.05) is 0 Å². The molecule has 0 aliphatic carbocycles. The van der Waals surface area contributed by atoms with Crippen LogP contribution in [0.4, 0.5) is 5.69 Å². The zero-order valence-corrected chi connectivity index (χ0v) is 11.9. The Balaban J connectivity index is 2.45. The first-order valence-electron chi connectivity index (χ1n) is 6.52. The summed E-state index contributed by atoms with van der Waals surface area (Å²) >= 11 is 1.76. The number of amidine groups is 1. The van der Waals surface area contributed by atoms with Crippen molar-refractivity contribution in [2.75, 3.05) is 17.2 Å². The van der Waals surface area contributed by atoms with Crippen LogP contribution in [0.15, 0.2) is 23.1 Å². The zero-order valence-electron chi connectivity index (χ0n) is 11.1. The highest BCUT2D eigenvalue weighted by molar-refractivity contribution is 7.99. The van der Waals surface area contributed by atoms with Gasteiger partial charge in [-0.05, 0) is 37.7 Å². The molecule has 1 atom stereocenters. The lowest BCUT2D eigenvalue weighted by Crippen LogP contribution is -2.29. The first-order valence-corrected chi connectivity index (χ1v) is 7.50. The number of nitrogen functional groups attached to an aromatic ring is 1. The van der Waals surface area contributed by atoms with Crippen LogP contribution < -0.4 is 10.6 Å². The summed E-state index contributed by atoms with van der Waals surface area (Å²) in [6, 6.07) is 6.78. The third kappa shape index (κ3) is 2.48. The summed E-state index contributed by atoms with van der Waals surface area (Å²) < 4.78 is 0. The predicted molar refractivity (Wildman–Crippen MR) is 79.9 cm³/mol. The van der Waals surface area contributed by atoms with E-state index in [0.29, 0.717) is 6.04 Å². The highest BCUT2D eigenvalue weighted by atomic mass is 32.2. The topological polar surface area (TPSA) is 53.1 Å². The van der Waals surface area contributed by atoms with Gasteiger partial charge in [0.1, 0.15) is 5.84 Å². The van der Waals surface area contributed by atoms with Gasteiger partial charge in [-0.2, -0.15) is 0 Å². The molecule has 1 aliphatic heterocycles. The van der Waals surface area contributed by atoms with E-state index >= 15 is 0 Å². The van der Waals surface area contributed by atoms with E-state index in [1.165, 1.54) is 12.8 Å². The van der Waals surface area contributed by atoms with Crippen molar-refractivity contribution in [1.82, 2.24) is 0 Å². The minimum absolute atomic E-state index is 0.181. The van der Waals surface area contributed by atoms with Gasteiger partial charge in [0.15, 0.2) is 0 Å². The van der Waals surface area contributed by atoms with Crippen LogP contribution in [-0.4, -0.2) is 24.2 Å². The fourth-order valence-electron chi connectivity index (χ4n) is 2.60. The third-order valence-electron chi connectivity index (χ3n) is 3.44. The van der Waals surface area contributed by atoms with E-state index in [2.05, 4.69) is 36.9 Å². The molecule has 1 saturated heterocycles. The van der Waals surface area contributed by atoms with Crippen molar-refractivity contribution < 1.29 is 0 Å². The van der Waals surface area contributed by atoms with Crippen molar-refractivity contribution in [3.8, 4) is 0 Å². The van der Waals surface area contributed by atoms with Gasteiger partial charge in [0.2, 0.25) is 0 Å². The van der Waals surface area contributed by atoms with Crippen LogP contribution in [0.2, 0.25) is 0 Å². The molecular weight excluding hydrogens is 242 g/mol. The summed E-state index contributed by atoms with van der Waals surface area (Å²) in [7, 11) is 0. The van der Waals surface area contributed by atoms with E-state index in [0.717, 1.165) is 28.4 Å². The smallest absolute Gasteiger partial charge is 0.126 e. The van der Waals surface area contributed by atoms with Gasteiger partial charge in [-0.15, -0.1) is 11.8 Å². The second kappa shape index (κ2) is 5.65. The molecule has 0 amide bonds. The summed E-state index contributed by atoms with van der Waals surface area (Å²) in [5.41, 5.74) is 7.85. The average molecular weight is 263 g/mol. The lowest BCUT2D eigenvalue weighted by molar-refractivity contribution is 0.734. The highest BCUT2D eigenvalue weighted by Gasteiger charge is 2.24. The maximum absolute atomic E-state index is 7.86. The monoisotopic (exact) mass is 263 g/mol. The number of nitrogens with two attached hydrogens (primary N) is 1. The standard InChI is InChI=1S/C14H21N3S/c1-3-18-12-8-4-7-11(13(12)14(15)16)17-9-5-6-10(17)2/h4,7-8,10H,3,5-6,9H2,1-2H3,(H3,15,16). The molecule has 18 heavy (non-hydrogen) atoms. The summed E-state index contributed by atoms with van der Waals surface area (Å²) in [6.07, 6.45) is 2.45. The molecule has 1 aliphatic rings. The first-order chi connectivity index (χ1) is 8.65. The number of hydrogen-bond acceptors (Lipinski definition) is 3. The summed E-state index contributed by atoms with van der Waals surface area (Å²) in [4.78, 5) is 3.51. The van der Waals surface area contributed by atoms with Gasteiger partial charge in [-0.25, -0.2) is 0 Å². The minimum atomic E-state index is 0.181. The number of thioether (sulfide) groups is 1. The van der Waals surface area contributed by atoms with Crippen molar-refractivity contribution >= 4 is 23.3 Å². The Kier molecular flexibility index (Phi) is 4.17. The SMILES string of the molecule is CCSc1cccc(N2CCCC2C)c1C(=N)N. The second-order valence-electron chi connectivity index (χ2n) is 4.68. The van der Waals surface area contributed by atoms with E-state index in [-0.39, 0.29) is 5.84 Å². The predicted octanol–water partition coefficient (Wildman–Crippen LogP) is 3.07. The number of nitrogens with zero attached hydrogens (tertiary/aromatic N) is 1. The number of rotatable bonds is 4. The summed E-state index contributed by atoms with van der Waals surface area (Å²) in [5, 5.41) is 7.86. The molecule has 0 saturated carbocycles. The van der Waals surface area contributed by atoms with E-state index in [1.54, 1.807) is 11.8 Å². The molecule has 98 valence electrons. The molecule has 1 unspecified atom stereocenters. The van der Waals surface area contributed by atoms with Gasteiger partial charge < -0.3 is 10.6 Å². The molecule has 1 heterocycles. The fraction of sp³-hybridized carbons (Fsp3) is 0.500. The highest BCUT2D eigenvalue weighted by Crippen LogP contribution is 2.34. The van der Waals surface area contributed by atoms with Crippen LogP contribution in [0.1, 0.15) is 32.3 Å². The van der Waals surface area contributed by atoms with Gasteiger partial charge >= 0.3 is 0 Å². The Morgan fingerprint density at radius 1 is 1.56 bits per heavy atom. The first kappa shape index (κ1) is 13.3. The number of anilines is 1. The summed E-state index contributed by atoms with van der Waals surface area (Å²) in [5.74, 6) is 1.18. The minimum Gasteiger partial charge on any atom is -0.384 e. The van der Waals surface area contributed by atoms with Gasteiger partial charge in [-0.3, -0.25) is 5.41 Å². The lowest BCUT2D eigenvalue weighted by Gasteiger charge is -2.27. The Bertz CT molecular complexity index is 445. The number of nitrogens with one attached hydrogen (secondary N) is 1. The number of hydrogen-bond donors (Lipinski definition) is 2. The Hall–Kier alpha value is -1.16. The molecule has 0 spiro atoms. The zero-order chi connectivity index (χ0) is 13.1. The van der Waals surface area contributed by atoms with Crippen molar-refractivity contribution in [3.05, 3.63) is 23.8 Å². The van der Waals surface area contributed by atoms with Crippen molar-refractivity contribution in [1.29, 1.82) is 5.41 Å². The molecule has 3 N–H and O–H groups in total. The Morgan fingerprint density at radius 3 is 2.89 bits per heavy atom. The Morgan fingerprint density at radius 2 is 2.33 bits per heavy atom. The van der Waals surface area contributed by atoms with Crippen LogP contribution in [-0.2, 0) is 0 Å². The molecule has 1 aromatic carbocycles. The molecule has 0 aromatic heterocycles. The molecule has 2 rings (SSSR count). The largest absolute Gasteiger partial charge is 0.384 e. The maximum Gasteiger partial charge on any atom is 0.126 e. The number of benzene rings is 1. The van der Waals surface area contributed by atoms with Crippen LogP contribution in [0.3, 0.4) is 0 Å². The third-order valence-corrected chi connectivity index (χ3v) is 4.38. The molecular formula is C14H21N3S. The van der Waals surface area contributed by atoms with Crippen LogP contribution in [0.5, 0.6) is 0 Å². The molecule has 4 heteroatoms. The van der Waals surface area contributed by atoms with Gasteiger partial charge in [0.25, 0.3) is 0 Å². The van der Waals surface area contributed by atoms with Crippen molar-refractivity contribution in [3.63, 3.8) is 0 Å². The van der Waals surface area contributed by atoms with Crippen LogP contribution in [0.25, 0.3) is 0 Å². The maximum atomic E-state index is 7.86. The van der Waals surface area contributed by atoms with Gasteiger partial charge in [0.05, 0.1) is 5.56 Å². The van der Waals surface area contributed by atoms with E-state index in [9.17, 15) is 0 Å². The van der Waals surface area contributed by atoms with Gasteiger partial charge in [0, 0.05) is 23.2 Å². The normalized spacial score (nSPS) is 19.2. The quantitative estimate of drug-likeness (QED) is 0.498. The molecule has 1 fully saturated rings. The Labute approximate surface area is 113 Å². The van der Waals surface area contributed by atoms with Crippen LogP contribution in [0, 0.1) is 5.41 Å². The average Bonchev–Trinajstić information content (AvgIpc) is 2.75. The van der Waals surface area contributed by atoms with Gasteiger partial charge in [-0.1, -0.05) is 13.0 Å². The molecule has 1 aromatic rings. The molecule has 0 radical (unpaired) electrons. The van der Waals surface area contributed by atoms with Crippen molar-refractivity contribution in [2.45, 2.75) is 37.6 Å². The second-order valence-corrected chi connectivity index (χ2v) is 5.99. The van der Waals surface area contributed by atoms with Crippen molar-refractivity contribution in [2.24, 2.45) is 5.73 Å².